The van der Waals surface area contributed by atoms with E-state index in [0.29, 0.717) is 0 Å². The second-order valence-corrected chi connectivity index (χ2v) is 5.90. The molecule has 1 aromatic heterocycles. The number of aryl methyl sites for hydroxylation is 1. The van der Waals surface area contributed by atoms with Crippen molar-refractivity contribution in [2.45, 2.75) is 13.3 Å². The number of rotatable bonds is 3. The Morgan fingerprint density at radius 2 is 1.86 bits per heavy atom. The number of hydrogen-bond donors (Lipinski definition) is 0. The van der Waals surface area contributed by atoms with E-state index in [1.54, 1.807) is 0 Å². The van der Waals surface area contributed by atoms with E-state index in [-0.39, 0.29) is 0 Å². The molecule has 0 saturated heterocycles. The number of benzene rings is 1. The average Bonchev–Trinajstić information content (AvgIpc) is 2.56. The highest BCUT2D eigenvalue weighted by atomic mass is 15.3. The predicted molar refractivity (Wildman–Crippen MR) is 92.3 cm³/mol. The van der Waals surface area contributed by atoms with E-state index in [4.69, 9.17) is 0 Å². The van der Waals surface area contributed by atoms with Gasteiger partial charge < -0.3 is 9.80 Å². The van der Waals surface area contributed by atoms with Gasteiger partial charge in [-0.05, 0) is 30.5 Å². The summed E-state index contributed by atoms with van der Waals surface area (Å²) in [5.74, 6) is 1.75. The van der Waals surface area contributed by atoms with Gasteiger partial charge >= 0.3 is 0 Å². The van der Waals surface area contributed by atoms with Crippen LogP contribution in [0.3, 0.4) is 0 Å². The fourth-order valence-electron chi connectivity index (χ4n) is 2.64. The molecule has 0 fully saturated rings. The molecule has 0 atom stereocenters. The minimum atomic E-state index is 0.755. The zero-order chi connectivity index (χ0) is 15.5. The van der Waals surface area contributed by atoms with E-state index < -0.39 is 0 Å². The fourth-order valence-corrected chi connectivity index (χ4v) is 2.64. The van der Waals surface area contributed by atoms with Crippen molar-refractivity contribution in [2.24, 2.45) is 0 Å². The van der Waals surface area contributed by atoms with Crippen LogP contribution in [0.5, 0.6) is 0 Å². The van der Waals surface area contributed by atoms with Crippen LogP contribution in [-0.4, -0.2) is 37.2 Å². The van der Waals surface area contributed by atoms with Gasteiger partial charge in [0.15, 0.2) is 0 Å². The molecule has 1 aliphatic rings. The highest BCUT2D eigenvalue weighted by Crippen LogP contribution is 2.25. The smallest absolute Gasteiger partial charge is 0.226 e. The van der Waals surface area contributed by atoms with Gasteiger partial charge in [-0.25, -0.2) is 4.98 Å². The summed E-state index contributed by atoms with van der Waals surface area (Å²) in [6.45, 7) is 4.01. The quantitative estimate of drug-likeness (QED) is 0.870. The lowest BCUT2D eigenvalue weighted by atomic mass is 9.98. The molecule has 3 rings (SSSR count). The molecule has 22 heavy (non-hydrogen) atoms. The third-order valence-corrected chi connectivity index (χ3v) is 3.98. The zero-order valence-electron chi connectivity index (χ0n) is 13.5. The van der Waals surface area contributed by atoms with Crippen molar-refractivity contribution in [2.75, 3.05) is 37.0 Å². The summed E-state index contributed by atoms with van der Waals surface area (Å²) in [6.07, 6.45) is 5.19. The molecule has 0 saturated carbocycles. The first-order valence-electron chi connectivity index (χ1n) is 7.65. The summed E-state index contributed by atoms with van der Waals surface area (Å²) in [7, 11) is 3.93. The van der Waals surface area contributed by atoms with Crippen molar-refractivity contribution in [3.05, 3.63) is 53.7 Å². The van der Waals surface area contributed by atoms with Gasteiger partial charge in [0.05, 0.1) is 0 Å². The molecule has 0 radical (unpaired) electrons. The fraction of sp³-hybridized carbons (Fsp3) is 0.333. The van der Waals surface area contributed by atoms with Gasteiger partial charge in [0, 0.05) is 33.4 Å². The topological polar surface area (TPSA) is 32.3 Å². The molecule has 1 aliphatic heterocycles. The van der Waals surface area contributed by atoms with E-state index in [1.807, 2.05) is 31.3 Å². The second kappa shape index (κ2) is 6.18. The molecule has 2 heterocycles. The maximum Gasteiger partial charge on any atom is 0.226 e. The molecular formula is C18H22N4. The predicted octanol–water partition coefficient (Wildman–Crippen LogP) is 3.14. The van der Waals surface area contributed by atoms with Crippen molar-refractivity contribution >= 4 is 17.3 Å². The van der Waals surface area contributed by atoms with Crippen LogP contribution >= 0.6 is 0 Å². The normalized spacial score (nSPS) is 14.7. The van der Waals surface area contributed by atoms with Crippen molar-refractivity contribution in [1.82, 2.24) is 9.97 Å². The van der Waals surface area contributed by atoms with E-state index in [0.717, 1.165) is 31.3 Å². The number of hydrogen-bond acceptors (Lipinski definition) is 4. The van der Waals surface area contributed by atoms with Crippen molar-refractivity contribution in [3.63, 3.8) is 0 Å². The van der Waals surface area contributed by atoms with Gasteiger partial charge in [-0.3, -0.25) is 0 Å². The average molecular weight is 294 g/mol. The minimum Gasteiger partial charge on any atom is -0.352 e. The molecule has 0 amide bonds. The summed E-state index contributed by atoms with van der Waals surface area (Å²) >= 11 is 0. The second-order valence-electron chi connectivity index (χ2n) is 5.90. The van der Waals surface area contributed by atoms with Crippen LogP contribution in [-0.2, 0) is 0 Å². The molecule has 1 aromatic carbocycles. The van der Waals surface area contributed by atoms with Crippen LogP contribution in [0, 0.1) is 6.92 Å². The first-order chi connectivity index (χ1) is 10.6. The van der Waals surface area contributed by atoms with E-state index in [2.05, 4.69) is 52.1 Å². The largest absolute Gasteiger partial charge is 0.352 e. The first-order valence-corrected chi connectivity index (χ1v) is 7.65. The van der Waals surface area contributed by atoms with Crippen molar-refractivity contribution < 1.29 is 0 Å². The third-order valence-electron chi connectivity index (χ3n) is 3.98. The maximum absolute atomic E-state index is 4.62. The number of aromatic nitrogens is 2. The van der Waals surface area contributed by atoms with E-state index >= 15 is 0 Å². The molecular weight excluding hydrogens is 272 g/mol. The Balaban J connectivity index is 1.75. The Morgan fingerprint density at radius 1 is 1.09 bits per heavy atom. The Labute approximate surface area is 132 Å². The Hall–Kier alpha value is -2.36. The molecule has 0 aliphatic carbocycles. The lowest BCUT2D eigenvalue weighted by Gasteiger charge is -2.28. The third kappa shape index (κ3) is 3.11. The molecule has 0 unspecified atom stereocenters. The van der Waals surface area contributed by atoms with Crippen LogP contribution in [0.15, 0.2) is 42.6 Å². The van der Waals surface area contributed by atoms with Gasteiger partial charge in [-0.2, -0.15) is 4.98 Å². The van der Waals surface area contributed by atoms with Gasteiger partial charge in [0.2, 0.25) is 5.95 Å². The minimum absolute atomic E-state index is 0.755. The van der Waals surface area contributed by atoms with Crippen LogP contribution in [0.2, 0.25) is 0 Å². The lowest BCUT2D eigenvalue weighted by molar-refractivity contribution is 0.810. The van der Waals surface area contributed by atoms with Gasteiger partial charge in [0.25, 0.3) is 0 Å². The highest BCUT2D eigenvalue weighted by Gasteiger charge is 2.15. The summed E-state index contributed by atoms with van der Waals surface area (Å²) in [5, 5.41) is 0. The molecule has 0 spiro atoms. The Kier molecular flexibility index (Phi) is 4.09. The molecule has 0 bridgehead atoms. The van der Waals surface area contributed by atoms with Crippen molar-refractivity contribution in [1.29, 1.82) is 0 Å². The van der Waals surface area contributed by atoms with Gasteiger partial charge in [-0.15, -0.1) is 0 Å². The van der Waals surface area contributed by atoms with E-state index in [1.165, 1.54) is 16.7 Å². The zero-order valence-corrected chi connectivity index (χ0v) is 13.5. The van der Waals surface area contributed by atoms with Crippen LogP contribution in [0.4, 0.5) is 11.8 Å². The Bertz CT molecular complexity index is 674. The van der Waals surface area contributed by atoms with E-state index in [9.17, 15) is 0 Å². The SMILES string of the molecule is Cc1ccc(C2=CCN(c3ccnc(N(C)C)n3)CC2)cc1. The van der Waals surface area contributed by atoms with Crippen LogP contribution in [0.1, 0.15) is 17.5 Å². The van der Waals surface area contributed by atoms with Crippen LogP contribution < -0.4 is 9.80 Å². The monoisotopic (exact) mass is 294 g/mol. The highest BCUT2D eigenvalue weighted by molar-refractivity contribution is 5.68. The Morgan fingerprint density at radius 3 is 2.50 bits per heavy atom. The van der Waals surface area contributed by atoms with Crippen molar-refractivity contribution in [3.8, 4) is 0 Å². The number of anilines is 2. The summed E-state index contributed by atoms with van der Waals surface area (Å²) in [5.41, 5.74) is 4.07. The van der Waals surface area contributed by atoms with Crippen LogP contribution in [0.25, 0.3) is 5.57 Å². The van der Waals surface area contributed by atoms with Gasteiger partial charge in [0.1, 0.15) is 5.82 Å². The number of nitrogens with zero attached hydrogens (tertiary/aromatic N) is 4. The molecule has 114 valence electrons. The lowest BCUT2D eigenvalue weighted by Crippen LogP contribution is -2.29. The molecule has 2 aromatic rings. The first kappa shape index (κ1) is 14.6. The molecule has 4 nitrogen and oxygen atoms in total. The summed E-state index contributed by atoms with van der Waals surface area (Å²) in [6, 6.07) is 10.8. The summed E-state index contributed by atoms with van der Waals surface area (Å²) in [4.78, 5) is 13.1. The molecule has 0 N–H and O–H groups in total. The maximum atomic E-state index is 4.62. The standard InChI is InChI=1S/C18H22N4/c1-14-4-6-15(7-5-14)16-9-12-22(13-10-16)17-8-11-19-18(20-17)21(2)3/h4-9,11H,10,12-13H2,1-3H3. The van der Waals surface area contributed by atoms with Gasteiger partial charge in [-0.1, -0.05) is 35.9 Å². The molecule has 4 heteroatoms. The summed E-state index contributed by atoms with van der Waals surface area (Å²) < 4.78 is 0.